The third kappa shape index (κ3) is 3.65. The van der Waals surface area contributed by atoms with E-state index in [1.54, 1.807) is 18.3 Å². The van der Waals surface area contributed by atoms with Crippen LogP contribution in [0.15, 0.2) is 41.4 Å². The van der Waals surface area contributed by atoms with E-state index in [0.29, 0.717) is 26.1 Å². The SMILES string of the molecule is Cc1ccc(S(=O)(=O)O)cc1C[C@@H]1CCc2cccnc2C2(C1)OCCO2. The van der Waals surface area contributed by atoms with E-state index in [1.807, 2.05) is 13.0 Å². The summed E-state index contributed by atoms with van der Waals surface area (Å²) < 4.78 is 44.5. The fourth-order valence-electron chi connectivity index (χ4n) is 4.14. The van der Waals surface area contributed by atoms with Crippen LogP contribution in [-0.2, 0) is 38.2 Å². The second-order valence-electron chi connectivity index (χ2n) is 7.34. The van der Waals surface area contributed by atoms with Crippen LogP contribution in [0, 0.1) is 12.8 Å². The summed E-state index contributed by atoms with van der Waals surface area (Å²) in [5.41, 5.74) is 3.94. The average molecular weight is 389 g/mol. The summed E-state index contributed by atoms with van der Waals surface area (Å²) in [5, 5.41) is 0. The van der Waals surface area contributed by atoms with Crippen molar-refractivity contribution in [3.05, 3.63) is 58.9 Å². The smallest absolute Gasteiger partial charge is 0.294 e. The van der Waals surface area contributed by atoms with E-state index in [1.165, 1.54) is 6.07 Å². The highest BCUT2D eigenvalue weighted by atomic mass is 32.2. The lowest BCUT2D eigenvalue weighted by Gasteiger charge is -2.29. The number of rotatable bonds is 3. The molecule has 0 radical (unpaired) electrons. The van der Waals surface area contributed by atoms with Crippen molar-refractivity contribution in [2.45, 2.75) is 43.3 Å². The van der Waals surface area contributed by atoms with Crippen molar-refractivity contribution >= 4 is 10.1 Å². The summed E-state index contributed by atoms with van der Waals surface area (Å²) in [6, 6.07) is 8.75. The van der Waals surface area contributed by atoms with Crippen LogP contribution in [0.2, 0.25) is 0 Å². The predicted octanol–water partition coefficient (Wildman–Crippen LogP) is 3.03. The van der Waals surface area contributed by atoms with Crippen LogP contribution in [0.4, 0.5) is 0 Å². The largest absolute Gasteiger partial charge is 0.342 e. The minimum absolute atomic E-state index is 0.0650. The summed E-state index contributed by atoms with van der Waals surface area (Å²) in [7, 11) is -4.22. The zero-order chi connectivity index (χ0) is 19.1. The Kier molecular flexibility index (Phi) is 4.80. The van der Waals surface area contributed by atoms with Crippen LogP contribution in [0.25, 0.3) is 0 Å². The van der Waals surface area contributed by atoms with Gasteiger partial charge in [0.05, 0.1) is 18.1 Å². The van der Waals surface area contributed by atoms with E-state index >= 15 is 0 Å². The Labute approximate surface area is 159 Å². The number of benzene rings is 1. The van der Waals surface area contributed by atoms with E-state index in [9.17, 15) is 13.0 Å². The minimum atomic E-state index is -4.22. The van der Waals surface area contributed by atoms with Gasteiger partial charge in [-0.3, -0.25) is 9.54 Å². The van der Waals surface area contributed by atoms with Crippen molar-refractivity contribution in [2.24, 2.45) is 5.92 Å². The lowest BCUT2D eigenvalue weighted by Crippen LogP contribution is -2.31. The topological polar surface area (TPSA) is 85.7 Å². The van der Waals surface area contributed by atoms with Gasteiger partial charge in [-0.25, -0.2) is 0 Å². The van der Waals surface area contributed by atoms with Crippen LogP contribution in [0.1, 0.15) is 35.2 Å². The molecule has 0 unspecified atom stereocenters. The van der Waals surface area contributed by atoms with Gasteiger partial charge in [0.1, 0.15) is 5.69 Å². The molecule has 1 aromatic carbocycles. The number of aromatic nitrogens is 1. The van der Waals surface area contributed by atoms with E-state index in [0.717, 1.165) is 35.2 Å². The highest BCUT2D eigenvalue weighted by Gasteiger charge is 2.45. The molecule has 1 aromatic heterocycles. The second-order valence-corrected chi connectivity index (χ2v) is 8.76. The molecule has 2 heterocycles. The zero-order valence-corrected chi connectivity index (χ0v) is 16.0. The van der Waals surface area contributed by atoms with E-state index in [2.05, 4.69) is 11.1 Å². The van der Waals surface area contributed by atoms with Gasteiger partial charge in [0.15, 0.2) is 0 Å². The van der Waals surface area contributed by atoms with Gasteiger partial charge >= 0.3 is 0 Å². The first-order chi connectivity index (χ1) is 12.9. The molecule has 1 spiro atoms. The minimum Gasteiger partial charge on any atom is -0.342 e. The molecule has 2 aliphatic rings. The quantitative estimate of drug-likeness (QED) is 0.812. The van der Waals surface area contributed by atoms with Crippen molar-refractivity contribution in [3.63, 3.8) is 0 Å². The third-order valence-electron chi connectivity index (χ3n) is 5.51. The number of aryl methyl sites for hydroxylation is 2. The van der Waals surface area contributed by atoms with Gasteiger partial charge in [-0.15, -0.1) is 0 Å². The third-order valence-corrected chi connectivity index (χ3v) is 6.36. The van der Waals surface area contributed by atoms with Crippen molar-refractivity contribution in [1.82, 2.24) is 4.98 Å². The highest BCUT2D eigenvalue weighted by Crippen LogP contribution is 2.43. The fraction of sp³-hybridized carbons (Fsp3) is 0.450. The number of hydrogen-bond donors (Lipinski definition) is 1. The van der Waals surface area contributed by atoms with Crippen LogP contribution < -0.4 is 0 Å². The maximum Gasteiger partial charge on any atom is 0.294 e. The van der Waals surface area contributed by atoms with Crippen molar-refractivity contribution in [3.8, 4) is 0 Å². The van der Waals surface area contributed by atoms with Gasteiger partial charge in [-0.05, 0) is 67.0 Å². The molecule has 1 fully saturated rings. The van der Waals surface area contributed by atoms with E-state index in [-0.39, 0.29) is 10.8 Å². The van der Waals surface area contributed by atoms with Gasteiger partial charge in [0, 0.05) is 12.6 Å². The molecular weight excluding hydrogens is 366 g/mol. The zero-order valence-electron chi connectivity index (χ0n) is 15.2. The van der Waals surface area contributed by atoms with Gasteiger partial charge in [-0.1, -0.05) is 12.1 Å². The Bertz CT molecular complexity index is 951. The lowest BCUT2D eigenvalue weighted by atomic mass is 9.88. The first kappa shape index (κ1) is 18.6. The Morgan fingerprint density at radius 3 is 2.78 bits per heavy atom. The Balaban J connectivity index is 1.65. The maximum atomic E-state index is 11.5. The first-order valence-electron chi connectivity index (χ1n) is 9.17. The Hall–Kier alpha value is -1.80. The van der Waals surface area contributed by atoms with Crippen molar-refractivity contribution in [1.29, 1.82) is 0 Å². The first-order valence-corrected chi connectivity index (χ1v) is 10.6. The fourth-order valence-corrected chi connectivity index (χ4v) is 4.68. The molecule has 6 nitrogen and oxygen atoms in total. The normalized spacial score (nSPS) is 21.8. The molecule has 1 aliphatic heterocycles. The second kappa shape index (κ2) is 6.98. The van der Waals surface area contributed by atoms with E-state index in [4.69, 9.17) is 9.47 Å². The molecule has 7 heteroatoms. The molecule has 1 N–H and O–H groups in total. The standard InChI is InChI=1S/C20H23NO5S/c1-14-4-7-18(27(22,23)24)12-17(14)11-15-5-6-16-3-2-8-21-19(16)20(13-15)25-9-10-26-20/h2-4,7-8,12,15H,5-6,9-11,13H2,1H3,(H,22,23,24)/t15-/m0/s1. The lowest BCUT2D eigenvalue weighted by molar-refractivity contribution is -0.180. The molecule has 1 saturated heterocycles. The summed E-state index contributed by atoms with van der Waals surface area (Å²) in [6.45, 7) is 3.04. The van der Waals surface area contributed by atoms with Crippen LogP contribution in [0.3, 0.4) is 0 Å². The van der Waals surface area contributed by atoms with Crippen LogP contribution >= 0.6 is 0 Å². The Morgan fingerprint density at radius 1 is 1.26 bits per heavy atom. The summed E-state index contributed by atoms with van der Waals surface area (Å²) in [5.74, 6) is -0.570. The predicted molar refractivity (Wildman–Crippen MR) is 98.9 cm³/mol. The molecular formula is C20H23NO5S. The molecule has 0 bridgehead atoms. The molecule has 2 aromatic rings. The monoisotopic (exact) mass is 389 g/mol. The molecule has 27 heavy (non-hydrogen) atoms. The maximum absolute atomic E-state index is 11.5. The van der Waals surface area contributed by atoms with Crippen LogP contribution in [-0.4, -0.2) is 31.2 Å². The highest BCUT2D eigenvalue weighted by molar-refractivity contribution is 7.85. The van der Waals surface area contributed by atoms with Crippen molar-refractivity contribution < 1.29 is 22.4 Å². The van der Waals surface area contributed by atoms with Crippen molar-refractivity contribution in [2.75, 3.05) is 13.2 Å². The average Bonchev–Trinajstić information content (AvgIpc) is 3.04. The summed E-state index contributed by atoms with van der Waals surface area (Å²) in [4.78, 5) is 4.49. The van der Waals surface area contributed by atoms with Crippen LogP contribution in [0.5, 0.6) is 0 Å². The molecule has 4 rings (SSSR count). The van der Waals surface area contributed by atoms with Gasteiger partial charge in [0.2, 0.25) is 5.79 Å². The van der Waals surface area contributed by atoms with Gasteiger partial charge < -0.3 is 9.47 Å². The summed E-state index contributed by atoms with van der Waals surface area (Å²) >= 11 is 0. The number of ether oxygens (including phenoxy) is 2. The summed E-state index contributed by atoms with van der Waals surface area (Å²) in [6.07, 6.45) is 4.94. The molecule has 144 valence electrons. The van der Waals surface area contributed by atoms with Gasteiger partial charge in [-0.2, -0.15) is 8.42 Å². The van der Waals surface area contributed by atoms with E-state index < -0.39 is 15.9 Å². The van der Waals surface area contributed by atoms with Gasteiger partial charge in [0.25, 0.3) is 10.1 Å². The molecule has 1 aliphatic carbocycles. The molecule has 0 saturated carbocycles. The number of hydrogen-bond acceptors (Lipinski definition) is 5. The number of pyridine rings is 1. The Morgan fingerprint density at radius 2 is 2.04 bits per heavy atom. The number of fused-ring (bicyclic) bond motifs is 2. The molecule has 0 amide bonds. The number of nitrogens with zero attached hydrogens (tertiary/aromatic N) is 1. The molecule has 1 atom stereocenters.